The average molecular weight is 555 g/mol. The SMILES string of the molecule is Cc1ccc(C(CC(=O)O)c2ccc3c(c2)nnn3C)cc1CN1CC(C)Oc2ccc(Cl)cc2S1(=O)=O. The number of ether oxygens (including phenoxy) is 1. The van der Waals surface area contributed by atoms with E-state index in [0.29, 0.717) is 10.5 Å². The summed E-state index contributed by atoms with van der Waals surface area (Å²) in [5.74, 6) is -1.12. The van der Waals surface area contributed by atoms with E-state index in [1.807, 2.05) is 50.2 Å². The van der Waals surface area contributed by atoms with Crippen LogP contribution >= 0.6 is 11.6 Å². The Morgan fingerprint density at radius 1 is 1.16 bits per heavy atom. The Hall–Kier alpha value is -3.47. The van der Waals surface area contributed by atoms with Gasteiger partial charge >= 0.3 is 5.97 Å². The molecule has 0 saturated carbocycles. The van der Waals surface area contributed by atoms with Gasteiger partial charge in [-0.3, -0.25) is 4.79 Å². The van der Waals surface area contributed by atoms with E-state index in [1.165, 1.54) is 10.4 Å². The van der Waals surface area contributed by atoms with Crippen molar-refractivity contribution in [3.05, 3.63) is 81.9 Å². The second-order valence-corrected chi connectivity index (χ2v) is 12.0. The highest BCUT2D eigenvalue weighted by molar-refractivity contribution is 7.89. The number of aromatic nitrogens is 3. The number of halogens is 1. The van der Waals surface area contributed by atoms with E-state index in [1.54, 1.807) is 23.9 Å². The molecule has 198 valence electrons. The van der Waals surface area contributed by atoms with Crippen LogP contribution in [0.5, 0.6) is 5.75 Å². The molecule has 1 N–H and O–H groups in total. The predicted octanol–water partition coefficient (Wildman–Crippen LogP) is 4.51. The molecule has 4 aromatic rings. The zero-order chi connectivity index (χ0) is 27.2. The summed E-state index contributed by atoms with van der Waals surface area (Å²) in [5, 5.41) is 18.2. The molecule has 2 heterocycles. The number of carbonyl (C=O) groups is 1. The molecule has 0 bridgehead atoms. The Bertz CT molecular complexity index is 1650. The number of carboxylic acid groups (broad SMARTS) is 1. The Morgan fingerprint density at radius 2 is 1.89 bits per heavy atom. The number of benzene rings is 3. The number of fused-ring (bicyclic) bond motifs is 2. The summed E-state index contributed by atoms with van der Waals surface area (Å²) in [7, 11) is -2.11. The van der Waals surface area contributed by atoms with Crippen LogP contribution in [0.3, 0.4) is 0 Å². The lowest BCUT2D eigenvalue weighted by Gasteiger charge is -2.24. The van der Waals surface area contributed by atoms with E-state index < -0.39 is 21.9 Å². The van der Waals surface area contributed by atoms with Gasteiger partial charge in [0.25, 0.3) is 0 Å². The minimum Gasteiger partial charge on any atom is -0.488 e. The number of sulfonamides is 1. The van der Waals surface area contributed by atoms with Gasteiger partial charge < -0.3 is 9.84 Å². The third kappa shape index (κ3) is 4.99. The number of aliphatic carboxylic acids is 1. The molecule has 1 aliphatic rings. The fourth-order valence-corrected chi connectivity index (χ4v) is 6.73. The van der Waals surface area contributed by atoms with Crippen LogP contribution in [0.1, 0.15) is 41.5 Å². The van der Waals surface area contributed by atoms with Crippen molar-refractivity contribution in [3.63, 3.8) is 0 Å². The van der Waals surface area contributed by atoms with Crippen molar-refractivity contribution in [2.75, 3.05) is 6.54 Å². The summed E-state index contributed by atoms with van der Waals surface area (Å²) < 4.78 is 36.2. The van der Waals surface area contributed by atoms with Crippen LogP contribution in [0.2, 0.25) is 5.02 Å². The van der Waals surface area contributed by atoms with E-state index in [4.69, 9.17) is 16.3 Å². The van der Waals surface area contributed by atoms with Gasteiger partial charge in [0.2, 0.25) is 10.0 Å². The molecule has 1 aliphatic heterocycles. The monoisotopic (exact) mass is 554 g/mol. The lowest BCUT2D eigenvalue weighted by molar-refractivity contribution is -0.137. The van der Waals surface area contributed by atoms with Crippen LogP contribution < -0.4 is 4.74 Å². The standard InChI is InChI=1S/C27H27ClN4O5S/c1-16-4-5-18(22(13-27(33)34)19-6-8-24-23(11-19)29-30-31(24)3)10-20(16)15-32-14-17(2)37-25-9-7-21(28)12-26(25)38(32,35)36/h4-12,17,22H,13-15H2,1-3H3,(H,33,34). The zero-order valence-corrected chi connectivity index (χ0v) is 22.7. The van der Waals surface area contributed by atoms with Crippen molar-refractivity contribution < 1.29 is 23.1 Å². The molecule has 0 fully saturated rings. The summed E-state index contributed by atoms with van der Waals surface area (Å²) >= 11 is 6.12. The largest absolute Gasteiger partial charge is 0.488 e. The maximum atomic E-state index is 13.6. The topological polar surface area (TPSA) is 115 Å². The molecule has 2 atom stereocenters. The lowest BCUT2D eigenvalue weighted by atomic mass is 9.86. The molecular formula is C27H27ClN4O5S. The second kappa shape index (κ2) is 10.0. The summed E-state index contributed by atoms with van der Waals surface area (Å²) in [4.78, 5) is 11.9. The second-order valence-electron chi connectivity index (χ2n) is 9.61. The van der Waals surface area contributed by atoms with Gasteiger partial charge in [0.15, 0.2) is 0 Å². The molecule has 0 aliphatic carbocycles. The highest BCUT2D eigenvalue weighted by Gasteiger charge is 2.34. The smallest absolute Gasteiger partial charge is 0.304 e. The molecule has 9 nitrogen and oxygen atoms in total. The fraction of sp³-hybridized carbons (Fsp3) is 0.296. The molecule has 0 radical (unpaired) electrons. The molecule has 0 amide bonds. The van der Waals surface area contributed by atoms with Gasteiger partial charge in [-0.2, -0.15) is 4.31 Å². The zero-order valence-electron chi connectivity index (χ0n) is 21.1. The van der Waals surface area contributed by atoms with Gasteiger partial charge in [0.05, 0.1) is 18.5 Å². The molecule has 3 aromatic carbocycles. The van der Waals surface area contributed by atoms with E-state index >= 15 is 0 Å². The van der Waals surface area contributed by atoms with Crippen LogP contribution in [0.15, 0.2) is 59.5 Å². The molecular weight excluding hydrogens is 528 g/mol. The normalized spacial score (nSPS) is 17.9. The Labute approximate surface area is 225 Å². The van der Waals surface area contributed by atoms with Crippen molar-refractivity contribution in [3.8, 4) is 5.75 Å². The van der Waals surface area contributed by atoms with Gasteiger partial charge in [-0.25, -0.2) is 13.1 Å². The Kier molecular flexibility index (Phi) is 6.89. The first-order valence-electron chi connectivity index (χ1n) is 12.1. The number of hydrogen-bond acceptors (Lipinski definition) is 6. The van der Waals surface area contributed by atoms with Gasteiger partial charge in [-0.1, -0.05) is 41.1 Å². The number of aryl methyl sites for hydroxylation is 2. The number of nitrogens with zero attached hydrogens (tertiary/aromatic N) is 4. The van der Waals surface area contributed by atoms with Crippen molar-refractivity contribution >= 4 is 38.6 Å². The molecule has 0 spiro atoms. The van der Waals surface area contributed by atoms with Crippen molar-refractivity contribution in [2.45, 2.75) is 43.7 Å². The summed E-state index contributed by atoms with van der Waals surface area (Å²) in [6.07, 6.45) is -0.512. The van der Waals surface area contributed by atoms with Crippen LogP contribution in [-0.4, -0.2) is 51.4 Å². The van der Waals surface area contributed by atoms with Crippen LogP contribution in [-0.2, 0) is 28.4 Å². The first-order chi connectivity index (χ1) is 18.0. The predicted molar refractivity (Wildman–Crippen MR) is 143 cm³/mol. The van der Waals surface area contributed by atoms with Crippen molar-refractivity contribution in [1.29, 1.82) is 0 Å². The van der Waals surface area contributed by atoms with Crippen LogP contribution in [0.4, 0.5) is 0 Å². The Morgan fingerprint density at radius 3 is 2.66 bits per heavy atom. The molecule has 2 unspecified atom stereocenters. The molecule has 11 heteroatoms. The van der Waals surface area contributed by atoms with Gasteiger partial charge in [-0.15, -0.1) is 5.10 Å². The molecule has 1 aromatic heterocycles. The minimum absolute atomic E-state index is 0.0317. The fourth-order valence-electron chi connectivity index (χ4n) is 4.85. The van der Waals surface area contributed by atoms with E-state index in [0.717, 1.165) is 27.8 Å². The number of rotatable bonds is 6. The quantitative estimate of drug-likeness (QED) is 0.373. The van der Waals surface area contributed by atoms with Crippen molar-refractivity contribution in [2.24, 2.45) is 7.05 Å². The maximum Gasteiger partial charge on any atom is 0.304 e. The summed E-state index contributed by atoms with van der Waals surface area (Å²) in [6.45, 7) is 3.98. The third-order valence-corrected chi connectivity index (χ3v) is 8.92. The van der Waals surface area contributed by atoms with Crippen LogP contribution in [0.25, 0.3) is 11.0 Å². The number of carboxylic acids is 1. The maximum absolute atomic E-state index is 13.6. The third-order valence-electron chi connectivity index (χ3n) is 6.85. The molecule has 0 saturated heterocycles. The van der Waals surface area contributed by atoms with Crippen LogP contribution in [0, 0.1) is 6.92 Å². The first-order valence-corrected chi connectivity index (χ1v) is 13.9. The van der Waals surface area contributed by atoms with Gasteiger partial charge in [0, 0.05) is 24.5 Å². The van der Waals surface area contributed by atoms with Crippen molar-refractivity contribution in [1.82, 2.24) is 19.3 Å². The lowest BCUT2D eigenvalue weighted by Crippen LogP contribution is -2.35. The van der Waals surface area contributed by atoms with E-state index in [9.17, 15) is 18.3 Å². The van der Waals surface area contributed by atoms with E-state index in [2.05, 4.69) is 10.3 Å². The molecule has 38 heavy (non-hydrogen) atoms. The van der Waals surface area contributed by atoms with Gasteiger partial charge in [0.1, 0.15) is 22.3 Å². The average Bonchev–Trinajstić information content (AvgIpc) is 3.20. The summed E-state index contributed by atoms with van der Waals surface area (Å²) in [5.41, 5.74) is 4.76. The van der Waals surface area contributed by atoms with Gasteiger partial charge in [-0.05, 0) is 66.4 Å². The minimum atomic E-state index is -3.90. The first kappa shape index (κ1) is 26.1. The van der Waals surface area contributed by atoms with E-state index in [-0.39, 0.29) is 36.3 Å². The highest BCUT2D eigenvalue weighted by Crippen LogP contribution is 2.35. The highest BCUT2D eigenvalue weighted by atomic mass is 35.5. The Balaban J connectivity index is 1.53. The summed E-state index contributed by atoms with van der Waals surface area (Å²) in [6, 6.07) is 15.9. The molecule has 5 rings (SSSR count). The number of hydrogen-bond donors (Lipinski definition) is 1.